The second-order valence-electron chi connectivity index (χ2n) is 5.56. The zero-order chi connectivity index (χ0) is 12.6. The summed E-state index contributed by atoms with van der Waals surface area (Å²) in [6, 6.07) is 10.7. The number of rotatable bonds is 0. The quantitative estimate of drug-likeness (QED) is 0.578. The maximum Gasteiger partial charge on any atom is 0.0353 e. The lowest BCUT2D eigenvalue weighted by molar-refractivity contribution is 0.596. The molecule has 0 N–H and O–H groups in total. The number of aryl methyl sites for hydroxylation is 1. The Kier molecular flexibility index (Phi) is 2.71. The fourth-order valence-corrected chi connectivity index (χ4v) is 2.29. The van der Waals surface area contributed by atoms with Gasteiger partial charge < -0.3 is 0 Å². The van der Waals surface area contributed by atoms with Crippen LogP contribution in [0.15, 0.2) is 30.3 Å². The first kappa shape index (κ1) is 11.7. The van der Waals surface area contributed by atoms with E-state index in [9.17, 15) is 0 Å². The highest BCUT2D eigenvalue weighted by atomic mass is 14.2. The van der Waals surface area contributed by atoms with Crippen LogP contribution in [-0.4, -0.2) is 0 Å². The summed E-state index contributed by atoms with van der Waals surface area (Å²) in [5, 5.41) is 2.47. The lowest BCUT2D eigenvalue weighted by atomic mass is 9.81. The van der Waals surface area contributed by atoms with E-state index in [2.05, 4.69) is 63.9 Å². The molecule has 17 heavy (non-hydrogen) atoms. The van der Waals surface area contributed by atoms with Crippen molar-refractivity contribution in [1.82, 2.24) is 0 Å². The van der Waals surface area contributed by atoms with Gasteiger partial charge in [0.2, 0.25) is 0 Å². The molecule has 2 aromatic rings. The van der Waals surface area contributed by atoms with Crippen LogP contribution in [0.2, 0.25) is 0 Å². The maximum atomic E-state index is 5.68. The fourth-order valence-electron chi connectivity index (χ4n) is 2.29. The summed E-state index contributed by atoms with van der Waals surface area (Å²) >= 11 is 0. The first-order chi connectivity index (χ1) is 7.95. The summed E-state index contributed by atoms with van der Waals surface area (Å²) in [4.78, 5) is 0. The molecule has 2 rings (SSSR count). The number of hydrogen-bond donors (Lipinski definition) is 0. The van der Waals surface area contributed by atoms with Gasteiger partial charge in [0.15, 0.2) is 0 Å². The van der Waals surface area contributed by atoms with Crippen LogP contribution < -0.4 is 0 Å². The van der Waals surface area contributed by atoms with Crippen molar-refractivity contribution in [1.29, 1.82) is 0 Å². The predicted octanol–water partition coefficient (Wildman–Crippen LogP) is 4.43. The Morgan fingerprint density at radius 1 is 1.06 bits per heavy atom. The molecule has 0 fully saturated rings. The highest BCUT2D eigenvalue weighted by Gasteiger charge is 2.18. The van der Waals surface area contributed by atoms with Crippen molar-refractivity contribution in [3.8, 4) is 12.3 Å². The Bertz CT molecular complexity index is 604. The summed E-state index contributed by atoms with van der Waals surface area (Å²) < 4.78 is 0. The van der Waals surface area contributed by atoms with Crippen molar-refractivity contribution in [2.45, 2.75) is 33.1 Å². The second-order valence-corrected chi connectivity index (χ2v) is 5.56. The van der Waals surface area contributed by atoms with E-state index in [0.29, 0.717) is 0 Å². The van der Waals surface area contributed by atoms with E-state index in [-0.39, 0.29) is 5.41 Å². The number of terminal acetylenes is 1. The smallest absolute Gasteiger partial charge is 0.0353 e. The van der Waals surface area contributed by atoms with Crippen LogP contribution in [0.5, 0.6) is 0 Å². The molecule has 0 bridgehead atoms. The second kappa shape index (κ2) is 3.93. The minimum Gasteiger partial charge on any atom is -0.115 e. The molecule has 0 nitrogen and oxygen atoms in total. The third-order valence-corrected chi connectivity index (χ3v) is 3.21. The van der Waals surface area contributed by atoms with E-state index < -0.39 is 0 Å². The molecule has 0 atom stereocenters. The van der Waals surface area contributed by atoms with Gasteiger partial charge in [0.1, 0.15) is 0 Å². The predicted molar refractivity (Wildman–Crippen MR) is 75.3 cm³/mol. The molecule has 86 valence electrons. The van der Waals surface area contributed by atoms with Crippen molar-refractivity contribution in [2.75, 3.05) is 0 Å². The molecule has 0 radical (unpaired) electrons. The summed E-state index contributed by atoms with van der Waals surface area (Å²) in [7, 11) is 0. The summed E-state index contributed by atoms with van der Waals surface area (Å²) in [6.45, 7) is 8.76. The first-order valence-corrected chi connectivity index (χ1v) is 5.94. The number of hydrogen-bond acceptors (Lipinski definition) is 0. The van der Waals surface area contributed by atoms with Gasteiger partial charge in [-0.25, -0.2) is 0 Å². The maximum absolute atomic E-state index is 5.68. The Labute approximate surface area is 104 Å². The van der Waals surface area contributed by atoms with E-state index in [1.165, 1.54) is 21.9 Å². The van der Waals surface area contributed by atoms with Gasteiger partial charge in [-0.2, -0.15) is 0 Å². The van der Waals surface area contributed by atoms with Gasteiger partial charge in [-0.3, -0.25) is 0 Å². The fraction of sp³-hybridized carbons (Fsp3) is 0.294. The van der Waals surface area contributed by atoms with Crippen LogP contribution in [0.25, 0.3) is 10.8 Å². The Morgan fingerprint density at radius 3 is 2.35 bits per heavy atom. The van der Waals surface area contributed by atoms with Crippen molar-refractivity contribution in [3.05, 3.63) is 47.0 Å². The van der Waals surface area contributed by atoms with Gasteiger partial charge in [-0.05, 0) is 28.9 Å². The van der Waals surface area contributed by atoms with Crippen LogP contribution in [0, 0.1) is 19.3 Å². The minimum atomic E-state index is 0.110. The SMILES string of the molecule is C#Cc1c(C)ccc2cccc(C(C)(C)C)c12. The van der Waals surface area contributed by atoms with Crippen molar-refractivity contribution >= 4 is 10.8 Å². The van der Waals surface area contributed by atoms with E-state index in [0.717, 1.165) is 5.56 Å². The molecular formula is C17H18. The van der Waals surface area contributed by atoms with Gasteiger partial charge in [-0.1, -0.05) is 57.0 Å². The summed E-state index contributed by atoms with van der Waals surface area (Å²) in [6.07, 6.45) is 5.68. The lowest BCUT2D eigenvalue weighted by Crippen LogP contribution is -2.12. The monoisotopic (exact) mass is 222 g/mol. The Morgan fingerprint density at radius 2 is 1.76 bits per heavy atom. The molecule has 0 amide bonds. The summed E-state index contributed by atoms with van der Waals surface area (Å²) in [5.74, 6) is 2.85. The highest BCUT2D eigenvalue weighted by molar-refractivity contribution is 5.92. The number of fused-ring (bicyclic) bond motifs is 1. The van der Waals surface area contributed by atoms with E-state index in [1.807, 2.05) is 0 Å². The number of benzene rings is 2. The molecule has 0 aromatic heterocycles. The molecule has 0 spiro atoms. The zero-order valence-corrected chi connectivity index (χ0v) is 11.0. The van der Waals surface area contributed by atoms with Crippen LogP contribution in [0.3, 0.4) is 0 Å². The van der Waals surface area contributed by atoms with Gasteiger partial charge in [0.05, 0.1) is 0 Å². The van der Waals surface area contributed by atoms with Gasteiger partial charge in [0.25, 0.3) is 0 Å². The molecular weight excluding hydrogens is 204 g/mol. The van der Waals surface area contributed by atoms with Crippen molar-refractivity contribution in [2.24, 2.45) is 0 Å². The van der Waals surface area contributed by atoms with E-state index >= 15 is 0 Å². The van der Waals surface area contributed by atoms with E-state index in [4.69, 9.17) is 6.42 Å². The minimum absolute atomic E-state index is 0.110. The lowest BCUT2D eigenvalue weighted by Gasteiger charge is -2.22. The average Bonchev–Trinajstić information content (AvgIpc) is 2.27. The van der Waals surface area contributed by atoms with Crippen LogP contribution in [0.4, 0.5) is 0 Å². The van der Waals surface area contributed by atoms with Crippen LogP contribution in [-0.2, 0) is 5.41 Å². The molecule has 0 saturated heterocycles. The first-order valence-electron chi connectivity index (χ1n) is 5.94. The third kappa shape index (κ3) is 1.94. The zero-order valence-electron chi connectivity index (χ0n) is 11.0. The van der Waals surface area contributed by atoms with Gasteiger partial charge >= 0.3 is 0 Å². The highest BCUT2D eigenvalue weighted by Crippen LogP contribution is 2.33. The van der Waals surface area contributed by atoms with Crippen molar-refractivity contribution < 1.29 is 0 Å². The molecule has 0 saturated carbocycles. The normalized spacial score (nSPS) is 11.5. The Balaban J connectivity index is 2.97. The van der Waals surface area contributed by atoms with Crippen LogP contribution >= 0.6 is 0 Å². The van der Waals surface area contributed by atoms with Crippen LogP contribution in [0.1, 0.15) is 37.5 Å². The molecule has 0 aliphatic carbocycles. The summed E-state index contributed by atoms with van der Waals surface area (Å²) in [5.41, 5.74) is 3.65. The molecule has 0 unspecified atom stereocenters. The topological polar surface area (TPSA) is 0 Å². The van der Waals surface area contributed by atoms with E-state index in [1.54, 1.807) is 0 Å². The molecule has 0 aliphatic heterocycles. The third-order valence-electron chi connectivity index (χ3n) is 3.21. The largest absolute Gasteiger partial charge is 0.115 e. The average molecular weight is 222 g/mol. The molecule has 0 aliphatic rings. The Hall–Kier alpha value is -1.74. The van der Waals surface area contributed by atoms with Crippen molar-refractivity contribution in [3.63, 3.8) is 0 Å². The van der Waals surface area contributed by atoms with Gasteiger partial charge in [0, 0.05) is 10.9 Å². The standard InChI is InChI=1S/C17H18/c1-6-14-12(2)10-11-13-8-7-9-15(16(13)14)17(3,4)5/h1,7-11H,2-5H3. The molecule has 2 aromatic carbocycles. The molecule has 0 heterocycles. The molecule has 0 heteroatoms. The van der Waals surface area contributed by atoms with Gasteiger partial charge in [-0.15, -0.1) is 6.42 Å².